The minimum Gasteiger partial charge on any atom is -0.496 e. The Kier molecular flexibility index (Phi) is 5.31. The largest absolute Gasteiger partial charge is 0.496 e. The van der Waals surface area contributed by atoms with Crippen LogP contribution in [0.15, 0.2) is 17.0 Å². The highest BCUT2D eigenvalue weighted by Crippen LogP contribution is 2.31. The number of likely N-dealkylation sites (N-methyl/N-ethyl adjacent to an activating group) is 1. The summed E-state index contributed by atoms with van der Waals surface area (Å²) in [5.74, 6) is 0.858. The van der Waals surface area contributed by atoms with E-state index < -0.39 is 10.0 Å². The highest BCUT2D eigenvalue weighted by atomic mass is 32.2. The summed E-state index contributed by atoms with van der Waals surface area (Å²) in [6.07, 6.45) is 1.83. The molecule has 1 saturated heterocycles. The first-order valence-corrected chi connectivity index (χ1v) is 8.79. The van der Waals surface area contributed by atoms with Gasteiger partial charge in [-0.15, -0.1) is 0 Å². The fourth-order valence-electron chi connectivity index (χ4n) is 2.78. The number of nitrogens with one attached hydrogen (secondary N) is 1. The molecule has 0 saturated carbocycles. The number of likely N-dealkylation sites (tertiary alicyclic amines) is 1. The number of benzene rings is 1. The molecule has 0 radical (unpaired) electrons. The van der Waals surface area contributed by atoms with E-state index in [2.05, 4.69) is 9.62 Å². The van der Waals surface area contributed by atoms with Crippen molar-refractivity contribution in [3.63, 3.8) is 0 Å². The second-order valence-corrected chi connectivity index (χ2v) is 7.38. The highest BCUT2D eigenvalue weighted by molar-refractivity contribution is 7.89. The number of ether oxygens (including phenoxy) is 2. The van der Waals surface area contributed by atoms with Crippen LogP contribution >= 0.6 is 0 Å². The number of hydrogen-bond donors (Lipinski definition) is 1. The number of sulfonamides is 1. The van der Waals surface area contributed by atoms with Crippen LogP contribution in [0.5, 0.6) is 11.5 Å². The number of methoxy groups -OCH3 is 2. The Hall–Kier alpha value is -1.31. The maximum atomic E-state index is 12.7. The van der Waals surface area contributed by atoms with Gasteiger partial charge in [0, 0.05) is 18.7 Å². The average Bonchev–Trinajstić information content (AvgIpc) is 2.46. The van der Waals surface area contributed by atoms with Gasteiger partial charge in [-0.05, 0) is 45.0 Å². The summed E-state index contributed by atoms with van der Waals surface area (Å²) in [6, 6.07) is 3.12. The number of rotatable bonds is 5. The molecule has 0 spiro atoms. The third-order valence-electron chi connectivity index (χ3n) is 3.92. The van der Waals surface area contributed by atoms with Crippen LogP contribution in [-0.4, -0.2) is 53.7 Å². The Balaban J connectivity index is 2.32. The minimum atomic E-state index is -3.66. The molecule has 22 heavy (non-hydrogen) atoms. The first-order valence-electron chi connectivity index (χ1n) is 7.31. The standard InChI is InChI=1S/C15H24N2O4S/c1-11-8-14(21-4)15(9-13(11)20-3)22(18,19)16-12-6-5-7-17(2)10-12/h8-9,12,16H,5-7,10H2,1-4H3. The van der Waals surface area contributed by atoms with Gasteiger partial charge in [0.25, 0.3) is 0 Å². The van der Waals surface area contributed by atoms with Crippen molar-refractivity contribution in [1.82, 2.24) is 9.62 Å². The second kappa shape index (κ2) is 6.85. The topological polar surface area (TPSA) is 67.9 Å². The molecule has 1 fully saturated rings. The van der Waals surface area contributed by atoms with Crippen molar-refractivity contribution in [2.24, 2.45) is 0 Å². The number of nitrogens with zero attached hydrogens (tertiary/aromatic N) is 1. The van der Waals surface area contributed by atoms with Crippen molar-refractivity contribution in [3.05, 3.63) is 17.7 Å². The predicted octanol–water partition coefficient (Wildman–Crippen LogP) is 1.38. The third-order valence-corrected chi connectivity index (χ3v) is 5.46. The third kappa shape index (κ3) is 3.71. The maximum Gasteiger partial charge on any atom is 0.244 e. The fourth-order valence-corrected chi connectivity index (χ4v) is 4.21. The summed E-state index contributed by atoms with van der Waals surface area (Å²) in [5.41, 5.74) is 0.829. The van der Waals surface area contributed by atoms with Crippen LogP contribution in [0.4, 0.5) is 0 Å². The van der Waals surface area contributed by atoms with Crippen molar-refractivity contribution in [2.45, 2.75) is 30.7 Å². The normalized spacial score (nSPS) is 19.9. The van der Waals surface area contributed by atoms with E-state index in [4.69, 9.17) is 9.47 Å². The summed E-state index contributed by atoms with van der Waals surface area (Å²) in [5, 5.41) is 0. The summed E-state index contributed by atoms with van der Waals surface area (Å²) in [4.78, 5) is 2.24. The first kappa shape index (κ1) is 17.1. The van der Waals surface area contributed by atoms with Gasteiger partial charge in [0.05, 0.1) is 14.2 Å². The summed E-state index contributed by atoms with van der Waals surface area (Å²) in [7, 11) is 1.33. The fraction of sp³-hybridized carbons (Fsp3) is 0.600. The van der Waals surface area contributed by atoms with E-state index in [-0.39, 0.29) is 10.9 Å². The van der Waals surface area contributed by atoms with Gasteiger partial charge in [-0.25, -0.2) is 13.1 Å². The number of hydrogen-bond acceptors (Lipinski definition) is 5. The zero-order chi connectivity index (χ0) is 16.3. The van der Waals surface area contributed by atoms with E-state index >= 15 is 0 Å². The molecule has 1 unspecified atom stereocenters. The molecule has 1 aliphatic rings. The summed E-state index contributed by atoms with van der Waals surface area (Å²) < 4.78 is 38.7. The Bertz CT molecular complexity index is 631. The molecule has 1 heterocycles. The molecule has 1 atom stereocenters. The van der Waals surface area contributed by atoms with Crippen LogP contribution in [-0.2, 0) is 10.0 Å². The second-order valence-electron chi connectivity index (χ2n) is 5.70. The maximum absolute atomic E-state index is 12.7. The van der Waals surface area contributed by atoms with Crippen LogP contribution in [0, 0.1) is 6.92 Å². The molecular weight excluding hydrogens is 304 g/mol. The predicted molar refractivity (Wildman–Crippen MR) is 85.1 cm³/mol. The lowest BCUT2D eigenvalue weighted by Gasteiger charge is -2.30. The lowest BCUT2D eigenvalue weighted by molar-refractivity contribution is 0.242. The smallest absolute Gasteiger partial charge is 0.244 e. The monoisotopic (exact) mass is 328 g/mol. The molecule has 1 aromatic carbocycles. The van der Waals surface area contributed by atoms with E-state index in [0.29, 0.717) is 18.0 Å². The zero-order valence-electron chi connectivity index (χ0n) is 13.5. The van der Waals surface area contributed by atoms with Crippen LogP contribution in [0.2, 0.25) is 0 Å². The van der Waals surface area contributed by atoms with Crippen molar-refractivity contribution >= 4 is 10.0 Å². The Morgan fingerprint density at radius 2 is 1.91 bits per heavy atom. The van der Waals surface area contributed by atoms with Gasteiger partial charge < -0.3 is 14.4 Å². The van der Waals surface area contributed by atoms with Crippen molar-refractivity contribution in [3.8, 4) is 11.5 Å². The quantitative estimate of drug-likeness (QED) is 0.884. The van der Waals surface area contributed by atoms with E-state index in [0.717, 1.165) is 24.9 Å². The van der Waals surface area contributed by atoms with Gasteiger partial charge in [0.1, 0.15) is 16.4 Å². The Morgan fingerprint density at radius 1 is 1.23 bits per heavy atom. The van der Waals surface area contributed by atoms with Gasteiger partial charge in [0.2, 0.25) is 10.0 Å². The van der Waals surface area contributed by atoms with E-state index in [1.807, 2.05) is 14.0 Å². The summed E-state index contributed by atoms with van der Waals surface area (Å²) in [6.45, 7) is 3.56. The van der Waals surface area contributed by atoms with E-state index in [1.165, 1.54) is 20.3 Å². The number of piperidine rings is 1. The molecule has 0 aliphatic carbocycles. The molecule has 7 heteroatoms. The van der Waals surface area contributed by atoms with Crippen LogP contribution in [0.3, 0.4) is 0 Å². The van der Waals surface area contributed by atoms with Gasteiger partial charge >= 0.3 is 0 Å². The van der Waals surface area contributed by atoms with Crippen molar-refractivity contribution in [1.29, 1.82) is 0 Å². The average molecular weight is 328 g/mol. The lowest BCUT2D eigenvalue weighted by Crippen LogP contribution is -2.46. The van der Waals surface area contributed by atoms with Crippen molar-refractivity contribution in [2.75, 3.05) is 34.4 Å². The van der Waals surface area contributed by atoms with Gasteiger partial charge in [-0.2, -0.15) is 0 Å². The molecule has 1 N–H and O–H groups in total. The van der Waals surface area contributed by atoms with Crippen LogP contribution in [0.1, 0.15) is 18.4 Å². The van der Waals surface area contributed by atoms with Crippen LogP contribution < -0.4 is 14.2 Å². The lowest BCUT2D eigenvalue weighted by atomic mass is 10.1. The summed E-state index contributed by atoms with van der Waals surface area (Å²) >= 11 is 0. The minimum absolute atomic E-state index is 0.0826. The molecule has 2 rings (SSSR count). The highest BCUT2D eigenvalue weighted by Gasteiger charge is 2.27. The number of aryl methyl sites for hydroxylation is 1. The van der Waals surface area contributed by atoms with E-state index in [9.17, 15) is 8.42 Å². The SMILES string of the molecule is COc1cc(S(=O)(=O)NC2CCCN(C)C2)c(OC)cc1C. The molecule has 124 valence electrons. The molecule has 6 nitrogen and oxygen atoms in total. The molecule has 0 bridgehead atoms. The first-order chi connectivity index (χ1) is 10.4. The Labute approximate surface area is 132 Å². The van der Waals surface area contributed by atoms with E-state index in [1.54, 1.807) is 6.07 Å². The van der Waals surface area contributed by atoms with Crippen LogP contribution in [0.25, 0.3) is 0 Å². The Morgan fingerprint density at radius 3 is 2.50 bits per heavy atom. The van der Waals surface area contributed by atoms with Gasteiger partial charge in [-0.3, -0.25) is 0 Å². The van der Waals surface area contributed by atoms with Crippen molar-refractivity contribution < 1.29 is 17.9 Å². The molecule has 1 aromatic rings. The van der Waals surface area contributed by atoms with Gasteiger partial charge in [0.15, 0.2) is 0 Å². The molecular formula is C15H24N2O4S. The molecule has 1 aliphatic heterocycles. The molecule has 0 aromatic heterocycles. The molecule has 0 amide bonds. The zero-order valence-corrected chi connectivity index (χ0v) is 14.4. The van der Waals surface area contributed by atoms with Gasteiger partial charge in [-0.1, -0.05) is 0 Å².